The van der Waals surface area contributed by atoms with Crippen molar-refractivity contribution in [2.24, 2.45) is 17.8 Å². The van der Waals surface area contributed by atoms with Crippen LogP contribution in [0.1, 0.15) is 32.1 Å². The van der Waals surface area contributed by atoms with E-state index in [1.54, 1.807) is 0 Å². The Morgan fingerprint density at radius 2 is 1.67 bits per heavy atom. The Morgan fingerprint density at radius 3 is 2.21 bits per heavy atom. The largest absolute Gasteiger partial charge is 0.573 e. The number of benzene rings is 1. The van der Waals surface area contributed by atoms with Crippen LogP contribution in [-0.4, -0.2) is 18.1 Å². The highest BCUT2D eigenvalue weighted by Crippen LogP contribution is 2.40. The number of Topliss-reactive ketones (excluding diaryl/α,β-unsaturated/α-hetero) is 1. The maximum absolute atomic E-state index is 12.4. The highest BCUT2D eigenvalue weighted by molar-refractivity contribution is 5.95. The Bertz CT molecular complexity index is 611. The molecule has 1 amide bonds. The summed E-state index contributed by atoms with van der Waals surface area (Å²) in [6.45, 7) is 0. The van der Waals surface area contributed by atoms with E-state index < -0.39 is 6.36 Å². The van der Waals surface area contributed by atoms with Crippen molar-refractivity contribution in [1.82, 2.24) is 0 Å². The fraction of sp³-hybridized carbons (Fsp3) is 0.529. The molecule has 0 aliphatic heterocycles. The zero-order valence-corrected chi connectivity index (χ0v) is 12.9. The van der Waals surface area contributed by atoms with Crippen molar-refractivity contribution < 1.29 is 27.5 Å². The lowest BCUT2D eigenvalue weighted by molar-refractivity contribution is -0.274. The van der Waals surface area contributed by atoms with Crippen LogP contribution in [0, 0.1) is 17.8 Å². The second-order valence-electron chi connectivity index (χ2n) is 6.46. The number of carbonyl (C=O) groups is 2. The molecule has 2 bridgehead atoms. The van der Waals surface area contributed by atoms with Crippen LogP contribution in [0.3, 0.4) is 0 Å². The van der Waals surface area contributed by atoms with Crippen LogP contribution in [0.2, 0.25) is 0 Å². The number of anilines is 1. The average Bonchev–Trinajstić information content (AvgIpc) is 2.47. The van der Waals surface area contributed by atoms with Gasteiger partial charge in [-0.15, -0.1) is 13.2 Å². The third-order valence-corrected chi connectivity index (χ3v) is 4.77. The van der Waals surface area contributed by atoms with Crippen LogP contribution >= 0.6 is 0 Å². The smallest absolute Gasteiger partial charge is 0.406 e. The summed E-state index contributed by atoms with van der Waals surface area (Å²) in [7, 11) is 0. The number of fused-ring (bicyclic) bond motifs is 2. The minimum atomic E-state index is -4.74. The van der Waals surface area contributed by atoms with E-state index >= 15 is 0 Å². The Hall–Kier alpha value is -2.05. The highest BCUT2D eigenvalue weighted by Gasteiger charge is 2.41. The normalized spacial score (nSPS) is 26.8. The lowest BCUT2D eigenvalue weighted by atomic mass is 9.67. The van der Waals surface area contributed by atoms with Crippen LogP contribution in [-0.2, 0) is 9.59 Å². The lowest BCUT2D eigenvalue weighted by Gasteiger charge is -2.36. The van der Waals surface area contributed by atoms with Gasteiger partial charge in [-0.3, -0.25) is 9.59 Å². The molecule has 130 valence electrons. The molecule has 0 unspecified atom stereocenters. The van der Waals surface area contributed by atoms with Crippen LogP contribution < -0.4 is 10.1 Å². The Kier molecular flexibility index (Phi) is 4.51. The zero-order valence-electron chi connectivity index (χ0n) is 12.9. The third-order valence-electron chi connectivity index (χ3n) is 4.77. The Labute approximate surface area is 137 Å². The molecule has 24 heavy (non-hydrogen) atoms. The molecule has 2 aliphatic rings. The van der Waals surface area contributed by atoms with Crippen molar-refractivity contribution in [3.63, 3.8) is 0 Å². The molecule has 2 aliphatic carbocycles. The molecule has 7 heteroatoms. The van der Waals surface area contributed by atoms with Crippen molar-refractivity contribution in [2.45, 2.75) is 38.5 Å². The number of hydrogen-bond acceptors (Lipinski definition) is 3. The number of ether oxygens (including phenoxy) is 1. The molecule has 2 atom stereocenters. The van der Waals surface area contributed by atoms with Crippen LogP contribution in [0.15, 0.2) is 24.3 Å². The maximum Gasteiger partial charge on any atom is 0.573 e. The van der Waals surface area contributed by atoms with E-state index in [1.807, 2.05) is 0 Å². The van der Waals surface area contributed by atoms with Crippen molar-refractivity contribution in [3.05, 3.63) is 24.3 Å². The number of carbonyl (C=O) groups excluding carboxylic acids is 2. The van der Waals surface area contributed by atoms with Gasteiger partial charge in [0.15, 0.2) is 0 Å². The predicted octanol–water partition coefficient (Wildman–Crippen LogP) is 3.92. The number of alkyl halides is 3. The fourth-order valence-electron chi connectivity index (χ4n) is 3.68. The molecule has 2 saturated carbocycles. The number of rotatable bonds is 3. The minimum Gasteiger partial charge on any atom is -0.406 e. The number of nitrogens with one attached hydrogen (secondary N) is 1. The van der Waals surface area contributed by atoms with Gasteiger partial charge in [0.25, 0.3) is 0 Å². The van der Waals surface area contributed by atoms with E-state index in [1.165, 1.54) is 12.1 Å². The summed E-state index contributed by atoms with van der Waals surface area (Å²) in [6.07, 6.45) is -0.870. The summed E-state index contributed by atoms with van der Waals surface area (Å²) in [4.78, 5) is 24.4. The standard InChI is InChI=1S/C17H18F3NO3/c18-17(19,20)24-14-6-4-13(5-7-14)21-16(23)12-8-10-2-1-3-11(9-12)15(10)22/h4-7,10-12H,1-3,8-9H2,(H,21,23)/t10-,11-/m1/s1. The maximum atomic E-state index is 12.4. The van der Waals surface area contributed by atoms with Crippen LogP contribution in [0.25, 0.3) is 0 Å². The van der Waals surface area contributed by atoms with E-state index in [2.05, 4.69) is 10.1 Å². The molecule has 0 spiro atoms. The Balaban J connectivity index is 1.60. The van der Waals surface area contributed by atoms with Gasteiger partial charge < -0.3 is 10.1 Å². The fourth-order valence-corrected chi connectivity index (χ4v) is 3.68. The molecule has 0 heterocycles. The lowest BCUT2D eigenvalue weighted by Crippen LogP contribution is -2.40. The van der Waals surface area contributed by atoms with E-state index in [-0.39, 0.29) is 29.4 Å². The van der Waals surface area contributed by atoms with Crippen molar-refractivity contribution in [2.75, 3.05) is 5.32 Å². The second kappa shape index (κ2) is 6.45. The SMILES string of the molecule is O=C(Nc1ccc(OC(F)(F)F)cc1)C1C[C@H]2CCC[C@H](C1)C2=O. The van der Waals surface area contributed by atoms with Gasteiger partial charge in [0.05, 0.1) is 0 Å². The van der Waals surface area contributed by atoms with Crippen molar-refractivity contribution in [3.8, 4) is 5.75 Å². The quantitative estimate of drug-likeness (QED) is 0.907. The average molecular weight is 341 g/mol. The van der Waals surface area contributed by atoms with Gasteiger partial charge in [-0.1, -0.05) is 6.42 Å². The molecule has 2 fully saturated rings. The van der Waals surface area contributed by atoms with E-state index in [0.29, 0.717) is 24.3 Å². The predicted molar refractivity (Wildman–Crippen MR) is 80.3 cm³/mol. The first-order chi connectivity index (χ1) is 11.3. The molecular formula is C17H18F3NO3. The highest BCUT2D eigenvalue weighted by atomic mass is 19.4. The summed E-state index contributed by atoms with van der Waals surface area (Å²) in [5, 5.41) is 2.72. The van der Waals surface area contributed by atoms with Gasteiger partial charge in [-0.2, -0.15) is 0 Å². The number of ketones is 1. The Morgan fingerprint density at radius 1 is 1.08 bits per heavy atom. The van der Waals surface area contributed by atoms with Crippen LogP contribution in [0.4, 0.5) is 18.9 Å². The summed E-state index contributed by atoms with van der Waals surface area (Å²) in [5.41, 5.74) is 0.414. The van der Waals surface area contributed by atoms with Crippen molar-refractivity contribution >= 4 is 17.4 Å². The van der Waals surface area contributed by atoms with E-state index in [9.17, 15) is 22.8 Å². The van der Waals surface area contributed by atoms with E-state index in [4.69, 9.17) is 0 Å². The first-order valence-corrected chi connectivity index (χ1v) is 8.02. The first-order valence-electron chi connectivity index (χ1n) is 8.02. The van der Waals surface area contributed by atoms with Crippen LogP contribution in [0.5, 0.6) is 5.75 Å². The molecule has 1 aromatic carbocycles. The summed E-state index contributed by atoms with van der Waals surface area (Å²) >= 11 is 0. The summed E-state index contributed by atoms with van der Waals surface area (Å²) < 4.78 is 40.1. The number of amides is 1. The van der Waals surface area contributed by atoms with Gasteiger partial charge in [0, 0.05) is 23.4 Å². The van der Waals surface area contributed by atoms with E-state index in [0.717, 1.165) is 31.4 Å². The molecule has 3 rings (SSSR count). The van der Waals surface area contributed by atoms with Crippen molar-refractivity contribution in [1.29, 1.82) is 0 Å². The first kappa shape index (κ1) is 16.8. The zero-order chi connectivity index (χ0) is 17.3. The minimum absolute atomic E-state index is 0.0178. The van der Waals surface area contributed by atoms with Gasteiger partial charge in [-0.25, -0.2) is 0 Å². The van der Waals surface area contributed by atoms with Gasteiger partial charge in [0.2, 0.25) is 5.91 Å². The monoisotopic (exact) mass is 341 g/mol. The third kappa shape index (κ3) is 3.88. The second-order valence-corrected chi connectivity index (χ2v) is 6.46. The molecule has 0 aromatic heterocycles. The van der Waals surface area contributed by atoms with Gasteiger partial charge in [-0.05, 0) is 49.9 Å². The number of hydrogen-bond donors (Lipinski definition) is 1. The number of halogens is 3. The topological polar surface area (TPSA) is 55.4 Å². The summed E-state index contributed by atoms with van der Waals surface area (Å²) in [6, 6.07) is 5.05. The molecule has 4 nitrogen and oxygen atoms in total. The molecule has 1 N–H and O–H groups in total. The molecule has 0 saturated heterocycles. The van der Waals surface area contributed by atoms with Gasteiger partial charge >= 0.3 is 6.36 Å². The van der Waals surface area contributed by atoms with Gasteiger partial charge in [0.1, 0.15) is 11.5 Å². The summed E-state index contributed by atoms with van der Waals surface area (Å²) in [5.74, 6) is -0.475. The molecular weight excluding hydrogens is 323 g/mol. The molecule has 1 aromatic rings. The molecule has 0 radical (unpaired) electrons.